The first-order valence-electron chi connectivity index (χ1n) is 7.38. The average Bonchev–Trinajstić information content (AvgIpc) is 3.31. The Hall–Kier alpha value is -1.06. The van der Waals surface area contributed by atoms with E-state index in [0.717, 1.165) is 6.54 Å². The number of anilines is 1. The van der Waals surface area contributed by atoms with E-state index in [-0.39, 0.29) is 12.1 Å². The van der Waals surface area contributed by atoms with E-state index in [9.17, 15) is 5.11 Å². The molecule has 2 aliphatic rings. The van der Waals surface area contributed by atoms with Gasteiger partial charge in [-0.3, -0.25) is 0 Å². The van der Waals surface area contributed by atoms with Crippen LogP contribution in [-0.2, 0) is 0 Å². The summed E-state index contributed by atoms with van der Waals surface area (Å²) in [6.07, 6.45) is 5.04. The number of benzene rings is 1. The van der Waals surface area contributed by atoms with Gasteiger partial charge in [-0.2, -0.15) is 0 Å². The maximum Gasteiger partial charge on any atom is 0.0633 e. The zero-order chi connectivity index (χ0) is 13.3. The summed E-state index contributed by atoms with van der Waals surface area (Å²) in [6.45, 7) is 1.13. The lowest BCUT2D eigenvalue weighted by molar-refractivity contribution is 0.142. The maximum absolute atomic E-state index is 9.97. The second kappa shape index (κ2) is 5.14. The number of rotatable bonds is 7. The Morgan fingerprint density at radius 2 is 1.89 bits per heavy atom. The minimum Gasteiger partial charge on any atom is -0.394 e. The van der Waals surface area contributed by atoms with Crippen molar-refractivity contribution in [3.63, 3.8) is 0 Å². The van der Waals surface area contributed by atoms with E-state index in [1.54, 1.807) is 0 Å². The van der Waals surface area contributed by atoms with E-state index in [0.29, 0.717) is 12.0 Å². The summed E-state index contributed by atoms with van der Waals surface area (Å²) in [6, 6.07) is 11.1. The molecule has 3 rings (SSSR count). The molecule has 104 valence electrons. The third kappa shape index (κ3) is 2.93. The van der Waals surface area contributed by atoms with Crippen molar-refractivity contribution in [2.75, 3.05) is 25.1 Å². The van der Waals surface area contributed by atoms with Crippen LogP contribution in [0.4, 0.5) is 5.69 Å². The van der Waals surface area contributed by atoms with Crippen LogP contribution in [0.15, 0.2) is 30.3 Å². The molecule has 2 N–H and O–H groups in total. The predicted octanol–water partition coefficient (Wildman–Crippen LogP) is 2.02. The molecule has 2 fully saturated rings. The molecule has 1 unspecified atom stereocenters. The number of likely N-dealkylation sites (N-methyl/N-ethyl adjacent to an activating group) is 1. The number of hydrogen-bond acceptors (Lipinski definition) is 3. The van der Waals surface area contributed by atoms with Gasteiger partial charge in [0.1, 0.15) is 0 Å². The van der Waals surface area contributed by atoms with Crippen molar-refractivity contribution in [2.45, 2.75) is 37.3 Å². The fourth-order valence-corrected chi connectivity index (χ4v) is 2.98. The summed E-state index contributed by atoms with van der Waals surface area (Å²) in [7, 11) is 2.12. The van der Waals surface area contributed by atoms with Gasteiger partial charge in [0.05, 0.1) is 12.1 Å². The third-order valence-electron chi connectivity index (χ3n) is 4.43. The number of nitrogens with zero attached hydrogens (tertiary/aromatic N) is 1. The van der Waals surface area contributed by atoms with Gasteiger partial charge in [-0.05, 0) is 43.7 Å². The second-order valence-electron chi connectivity index (χ2n) is 6.20. The molecule has 1 atom stereocenters. The van der Waals surface area contributed by atoms with Gasteiger partial charge in [-0.1, -0.05) is 18.2 Å². The maximum atomic E-state index is 9.97. The number of hydrogen-bond donors (Lipinski definition) is 2. The monoisotopic (exact) mass is 260 g/mol. The zero-order valence-corrected chi connectivity index (χ0v) is 11.7. The van der Waals surface area contributed by atoms with Crippen molar-refractivity contribution in [3.05, 3.63) is 30.3 Å². The van der Waals surface area contributed by atoms with Crippen molar-refractivity contribution >= 4 is 5.69 Å². The first kappa shape index (κ1) is 12.9. The summed E-state index contributed by atoms with van der Waals surface area (Å²) in [5.74, 6) is 0.643. The fraction of sp³-hybridized carbons (Fsp3) is 0.625. The van der Waals surface area contributed by atoms with Crippen LogP contribution in [0.5, 0.6) is 0 Å². The Bertz CT molecular complexity index is 414. The molecule has 2 saturated carbocycles. The first-order chi connectivity index (χ1) is 9.23. The van der Waals surface area contributed by atoms with Crippen LogP contribution in [0.1, 0.15) is 25.7 Å². The molecule has 0 radical (unpaired) electrons. The van der Waals surface area contributed by atoms with Gasteiger partial charge in [0.25, 0.3) is 0 Å². The molecule has 1 aromatic carbocycles. The third-order valence-corrected chi connectivity index (χ3v) is 4.43. The standard InChI is InChI=1S/C16H24N2O/c1-18(15-5-3-2-4-6-15)11-16(12-19,13-7-8-13)17-14-9-10-14/h2-6,13-14,17,19H,7-12H2,1H3. The van der Waals surface area contributed by atoms with Gasteiger partial charge in [0.15, 0.2) is 0 Å². The normalized spacial score (nSPS) is 22.0. The van der Waals surface area contributed by atoms with E-state index >= 15 is 0 Å². The number of para-hydroxylation sites is 1. The topological polar surface area (TPSA) is 35.5 Å². The minimum atomic E-state index is -0.105. The molecule has 3 nitrogen and oxygen atoms in total. The molecule has 0 spiro atoms. The van der Waals surface area contributed by atoms with Crippen molar-refractivity contribution in [3.8, 4) is 0 Å². The molecule has 0 saturated heterocycles. The number of aliphatic hydroxyl groups excluding tert-OH is 1. The Balaban J connectivity index is 1.72. The molecule has 0 bridgehead atoms. The van der Waals surface area contributed by atoms with Gasteiger partial charge in [0, 0.05) is 25.3 Å². The molecule has 0 amide bonds. The average molecular weight is 260 g/mol. The molecule has 3 heteroatoms. The second-order valence-corrected chi connectivity index (χ2v) is 6.20. The number of nitrogens with one attached hydrogen (secondary N) is 1. The Labute approximate surface area is 115 Å². The summed E-state index contributed by atoms with van der Waals surface area (Å²) >= 11 is 0. The lowest BCUT2D eigenvalue weighted by Crippen LogP contribution is -2.58. The minimum absolute atomic E-state index is 0.105. The lowest BCUT2D eigenvalue weighted by atomic mass is 9.93. The first-order valence-corrected chi connectivity index (χ1v) is 7.38. The highest BCUT2D eigenvalue weighted by Crippen LogP contribution is 2.42. The van der Waals surface area contributed by atoms with Gasteiger partial charge < -0.3 is 15.3 Å². The largest absolute Gasteiger partial charge is 0.394 e. The van der Waals surface area contributed by atoms with Crippen LogP contribution in [-0.4, -0.2) is 36.9 Å². The highest BCUT2D eigenvalue weighted by Gasteiger charge is 2.47. The van der Waals surface area contributed by atoms with E-state index < -0.39 is 0 Å². The molecule has 0 aliphatic heterocycles. The summed E-state index contributed by atoms with van der Waals surface area (Å²) < 4.78 is 0. The Kier molecular flexibility index (Phi) is 3.50. The summed E-state index contributed by atoms with van der Waals surface area (Å²) in [5.41, 5.74) is 1.12. The molecule has 1 aromatic rings. The van der Waals surface area contributed by atoms with Crippen LogP contribution in [0.2, 0.25) is 0 Å². The molecule has 19 heavy (non-hydrogen) atoms. The fourth-order valence-electron chi connectivity index (χ4n) is 2.98. The van der Waals surface area contributed by atoms with E-state index in [1.165, 1.54) is 31.4 Å². The van der Waals surface area contributed by atoms with Crippen molar-refractivity contribution in [1.82, 2.24) is 5.32 Å². The Morgan fingerprint density at radius 1 is 1.21 bits per heavy atom. The molecule has 0 aromatic heterocycles. The van der Waals surface area contributed by atoms with Crippen LogP contribution >= 0.6 is 0 Å². The summed E-state index contributed by atoms with van der Waals surface area (Å²) in [5, 5.41) is 13.7. The smallest absolute Gasteiger partial charge is 0.0633 e. The van der Waals surface area contributed by atoms with Crippen molar-refractivity contribution in [1.29, 1.82) is 0 Å². The number of aliphatic hydroxyl groups is 1. The SMILES string of the molecule is CN(CC(CO)(NC1CC1)C1CC1)c1ccccc1. The molecule has 0 heterocycles. The van der Waals surface area contributed by atoms with Crippen molar-refractivity contribution in [2.24, 2.45) is 5.92 Å². The van der Waals surface area contributed by atoms with Crippen molar-refractivity contribution < 1.29 is 5.11 Å². The lowest BCUT2D eigenvalue weighted by Gasteiger charge is -2.38. The molecular formula is C16H24N2O. The summed E-state index contributed by atoms with van der Waals surface area (Å²) in [4.78, 5) is 2.27. The highest BCUT2D eigenvalue weighted by atomic mass is 16.3. The van der Waals surface area contributed by atoms with Crippen LogP contribution in [0.25, 0.3) is 0 Å². The van der Waals surface area contributed by atoms with Crippen LogP contribution in [0.3, 0.4) is 0 Å². The van der Waals surface area contributed by atoms with Gasteiger partial charge in [-0.15, -0.1) is 0 Å². The zero-order valence-electron chi connectivity index (χ0n) is 11.7. The quantitative estimate of drug-likeness (QED) is 0.787. The van der Waals surface area contributed by atoms with Gasteiger partial charge >= 0.3 is 0 Å². The van der Waals surface area contributed by atoms with E-state index in [4.69, 9.17) is 0 Å². The molecular weight excluding hydrogens is 236 g/mol. The van der Waals surface area contributed by atoms with E-state index in [1.807, 2.05) is 6.07 Å². The van der Waals surface area contributed by atoms with E-state index in [2.05, 4.69) is 41.5 Å². The Morgan fingerprint density at radius 3 is 2.42 bits per heavy atom. The predicted molar refractivity (Wildman–Crippen MR) is 78.4 cm³/mol. The van der Waals surface area contributed by atoms with Crippen LogP contribution in [0, 0.1) is 5.92 Å². The van der Waals surface area contributed by atoms with Gasteiger partial charge in [-0.25, -0.2) is 0 Å². The highest BCUT2D eigenvalue weighted by molar-refractivity contribution is 5.45. The van der Waals surface area contributed by atoms with Crippen LogP contribution < -0.4 is 10.2 Å². The molecule has 2 aliphatic carbocycles. The van der Waals surface area contributed by atoms with Gasteiger partial charge in [0.2, 0.25) is 0 Å².